The molecule has 2 N–H and O–H groups in total. The van der Waals surface area contributed by atoms with Crippen LogP contribution >= 0.6 is 0 Å². The molecule has 130 valence electrons. The quantitative estimate of drug-likeness (QED) is 0.853. The molecule has 1 aromatic heterocycles. The minimum Gasteiger partial charge on any atom is -0.491 e. The molecule has 2 atom stereocenters. The third-order valence-corrected chi connectivity index (χ3v) is 3.56. The molecule has 0 unspecified atom stereocenters. The number of carbonyl (C=O) groups excluding carboxylic acids is 1. The van der Waals surface area contributed by atoms with Crippen molar-refractivity contribution in [3.63, 3.8) is 0 Å². The summed E-state index contributed by atoms with van der Waals surface area (Å²) in [5, 5.41) is 13.6. The second-order valence-corrected chi connectivity index (χ2v) is 6.10. The van der Waals surface area contributed by atoms with Crippen molar-refractivity contribution in [1.29, 1.82) is 0 Å². The molecule has 1 heterocycles. The van der Waals surface area contributed by atoms with E-state index in [4.69, 9.17) is 4.74 Å². The van der Waals surface area contributed by atoms with Gasteiger partial charge in [0, 0.05) is 7.05 Å². The van der Waals surface area contributed by atoms with E-state index in [1.54, 1.807) is 10.9 Å². The summed E-state index contributed by atoms with van der Waals surface area (Å²) in [7, 11) is 1.84. The lowest BCUT2D eigenvalue weighted by atomic mass is 10.1. The molecule has 24 heavy (non-hydrogen) atoms. The van der Waals surface area contributed by atoms with Crippen LogP contribution in [0.2, 0.25) is 0 Å². The van der Waals surface area contributed by atoms with Crippen LogP contribution in [-0.2, 0) is 7.05 Å². The summed E-state index contributed by atoms with van der Waals surface area (Å²) in [6.45, 7) is 7.76. The van der Waals surface area contributed by atoms with Crippen LogP contribution in [-0.4, -0.2) is 26.9 Å². The van der Waals surface area contributed by atoms with Crippen molar-refractivity contribution in [2.75, 3.05) is 0 Å². The zero-order valence-corrected chi connectivity index (χ0v) is 14.8. The van der Waals surface area contributed by atoms with Crippen LogP contribution in [0.3, 0.4) is 0 Å². The molecule has 0 bridgehead atoms. The number of nitrogens with one attached hydrogen (secondary N) is 2. The molecule has 2 aromatic rings. The highest BCUT2D eigenvalue weighted by atomic mass is 16.5. The molecular formula is C17H25N5O2. The van der Waals surface area contributed by atoms with Crippen LogP contribution in [0, 0.1) is 0 Å². The fourth-order valence-electron chi connectivity index (χ4n) is 2.40. The maximum absolute atomic E-state index is 12.2. The zero-order chi connectivity index (χ0) is 17.7. The monoisotopic (exact) mass is 331 g/mol. The first-order valence-electron chi connectivity index (χ1n) is 8.04. The minimum atomic E-state index is -0.256. The topological polar surface area (TPSA) is 81.1 Å². The lowest BCUT2D eigenvalue weighted by Crippen LogP contribution is -2.39. The number of hydrogen-bond donors (Lipinski definition) is 2. The Morgan fingerprint density at radius 2 is 1.88 bits per heavy atom. The van der Waals surface area contributed by atoms with E-state index in [9.17, 15) is 4.79 Å². The molecule has 0 aliphatic heterocycles. The summed E-state index contributed by atoms with van der Waals surface area (Å²) in [4.78, 5) is 12.2. The van der Waals surface area contributed by atoms with E-state index in [1.807, 2.05) is 59.0 Å². The molecular weight excluding hydrogens is 306 g/mol. The van der Waals surface area contributed by atoms with E-state index < -0.39 is 0 Å². The van der Waals surface area contributed by atoms with E-state index in [-0.39, 0.29) is 24.2 Å². The molecule has 0 radical (unpaired) electrons. The van der Waals surface area contributed by atoms with Gasteiger partial charge >= 0.3 is 6.03 Å². The summed E-state index contributed by atoms with van der Waals surface area (Å²) >= 11 is 0. The predicted molar refractivity (Wildman–Crippen MR) is 91.7 cm³/mol. The van der Waals surface area contributed by atoms with Crippen LogP contribution in [0.1, 0.15) is 51.2 Å². The van der Waals surface area contributed by atoms with Gasteiger partial charge in [-0.2, -0.15) is 0 Å². The normalized spacial score (nSPS) is 13.4. The van der Waals surface area contributed by atoms with Crippen molar-refractivity contribution in [3.8, 4) is 5.75 Å². The molecule has 7 nitrogen and oxygen atoms in total. The van der Waals surface area contributed by atoms with Gasteiger partial charge in [-0.15, -0.1) is 10.2 Å². The Kier molecular flexibility index (Phi) is 5.78. The van der Waals surface area contributed by atoms with Crippen molar-refractivity contribution in [2.24, 2.45) is 7.05 Å². The molecule has 7 heteroatoms. The first-order chi connectivity index (χ1) is 11.4. The first-order valence-corrected chi connectivity index (χ1v) is 8.04. The highest BCUT2D eigenvalue weighted by Gasteiger charge is 2.16. The standard InChI is InChI=1S/C17H25N5O2/c1-11(2)24-15-8-6-7-14(9-15)12(3)19-17(23)20-13(4)16-21-18-10-22(16)5/h6-13H,1-5H3,(H2,19,20,23)/t12-,13-/m0/s1. The number of urea groups is 1. The molecule has 0 fully saturated rings. The Hall–Kier alpha value is -2.57. The third kappa shape index (κ3) is 4.71. The lowest BCUT2D eigenvalue weighted by Gasteiger charge is -2.19. The van der Waals surface area contributed by atoms with Crippen molar-refractivity contribution in [3.05, 3.63) is 42.0 Å². The van der Waals surface area contributed by atoms with E-state index in [2.05, 4.69) is 20.8 Å². The van der Waals surface area contributed by atoms with Crippen LogP contribution in [0.5, 0.6) is 5.75 Å². The van der Waals surface area contributed by atoms with Gasteiger partial charge in [-0.3, -0.25) is 0 Å². The largest absolute Gasteiger partial charge is 0.491 e. The zero-order valence-electron chi connectivity index (χ0n) is 14.8. The number of benzene rings is 1. The van der Waals surface area contributed by atoms with Crippen molar-refractivity contribution >= 4 is 6.03 Å². The highest BCUT2D eigenvalue weighted by Crippen LogP contribution is 2.20. The van der Waals surface area contributed by atoms with E-state index in [1.165, 1.54) is 0 Å². The van der Waals surface area contributed by atoms with E-state index in [0.29, 0.717) is 5.82 Å². The Morgan fingerprint density at radius 3 is 2.50 bits per heavy atom. The van der Waals surface area contributed by atoms with Gasteiger partial charge in [0.05, 0.1) is 18.2 Å². The minimum absolute atomic E-state index is 0.110. The van der Waals surface area contributed by atoms with Gasteiger partial charge in [0.1, 0.15) is 12.1 Å². The number of rotatable bonds is 6. The predicted octanol–water partition coefficient (Wildman–Crippen LogP) is 2.72. The van der Waals surface area contributed by atoms with Crippen LogP contribution < -0.4 is 15.4 Å². The van der Waals surface area contributed by atoms with Gasteiger partial charge in [0.25, 0.3) is 0 Å². The highest BCUT2D eigenvalue weighted by molar-refractivity contribution is 5.74. The summed E-state index contributed by atoms with van der Waals surface area (Å²) in [6, 6.07) is 7.10. The Balaban J connectivity index is 1.95. The number of ether oxygens (including phenoxy) is 1. The molecule has 1 aromatic carbocycles. The summed E-state index contributed by atoms with van der Waals surface area (Å²) in [5.41, 5.74) is 0.981. The Labute approximate surface area is 142 Å². The number of aryl methyl sites for hydroxylation is 1. The van der Waals surface area contributed by atoms with E-state index >= 15 is 0 Å². The number of nitrogens with zero attached hydrogens (tertiary/aromatic N) is 3. The van der Waals surface area contributed by atoms with Gasteiger partial charge in [-0.1, -0.05) is 12.1 Å². The Morgan fingerprint density at radius 1 is 1.17 bits per heavy atom. The summed E-state index contributed by atoms with van der Waals surface area (Å²) in [5.74, 6) is 1.49. The SMILES string of the molecule is CC(C)Oc1cccc([C@H](C)NC(=O)N[C@@H](C)c2nncn2C)c1. The second-order valence-electron chi connectivity index (χ2n) is 6.10. The molecule has 2 amide bonds. The van der Waals surface area contributed by atoms with Crippen LogP contribution in [0.15, 0.2) is 30.6 Å². The molecule has 0 aliphatic rings. The number of hydrogen-bond acceptors (Lipinski definition) is 4. The Bertz CT molecular complexity index is 683. The van der Waals surface area contributed by atoms with Gasteiger partial charge in [-0.25, -0.2) is 4.79 Å². The van der Waals surface area contributed by atoms with Gasteiger partial charge in [0.15, 0.2) is 5.82 Å². The fraction of sp³-hybridized carbons (Fsp3) is 0.471. The fourth-order valence-corrected chi connectivity index (χ4v) is 2.40. The van der Waals surface area contributed by atoms with Gasteiger partial charge < -0.3 is 19.9 Å². The van der Waals surface area contributed by atoms with Crippen LogP contribution in [0.25, 0.3) is 0 Å². The summed E-state index contributed by atoms with van der Waals surface area (Å²) in [6.07, 6.45) is 1.72. The average Bonchev–Trinajstić information content (AvgIpc) is 2.93. The van der Waals surface area contributed by atoms with E-state index in [0.717, 1.165) is 11.3 Å². The van der Waals surface area contributed by atoms with Crippen molar-refractivity contribution in [1.82, 2.24) is 25.4 Å². The van der Waals surface area contributed by atoms with Gasteiger partial charge in [-0.05, 0) is 45.4 Å². The molecule has 0 saturated carbocycles. The number of carbonyl (C=O) groups is 1. The smallest absolute Gasteiger partial charge is 0.315 e. The number of amides is 2. The molecule has 2 rings (SSSR count). The number of aromatic nitrogens is 3. The summed E-state index contributed by atoms with van der Waals surface area (Å²) < 4.78 is 7.47. The molecule has 0 aliphatic carbocycles. The van der Waals surface area contributed by atoms with Crippen molar-refractivity contribution < 1.29 is 9.53 Å². The molecule has 0 spiro atoms. The maximum atomic E-state index is 12.2. The first kappa shape index (κ1) is 17.8. The third-order valence-electron chi connectivity index (χ3n) is 3.56. The van der Waals surface area contributed by atoms with Gasteiger partial charge in [0.2, 0.25) is 0 Å². The van der Waals surface area contributed by atoms with Crippen LogP contribution in [0.4, 0.5) is 4.79 Å². The van der Waals surface area contributed by atoms with Crippen molar-refractivity contribution in [2.45, 2.75) is 45.9 Å². The second kappa shape index (κ2) is 7.81. The lowest BCUT2D eigenvalue weighted by molar-refractivity contribution is 0.233. The maximum Gasteiger partial charge on any atom is 0.315 e. The average molecular weight is 331 g/mol. The molecule has 0 saturated heterocycles.